The van der Waals surface area contributed by atoms with Crippen LogP contribution in [0.2, 0.25) is 0 Å². The first kappa shape index (κ1) is 19.9. The molecule has 148 valence electrons. The van der Waals surface area contributed by atoms with E-state index in [0.717, 1.165) is 47.6 Å². The fourth-order valence-electron chi connectivity index (χ4n) is 3.21. The maximum absolute atomic E-state index is 12.1. The first-order valence-electron chi connectivity index (χ1n) is 9.54. The second kappa shape index (κ2) is 9.90. The lowest BCUT2D eigenvalue weighted by Gasteiger charge is -2.09. The average molecular weight is 381 g/mol. The number of hydrogen-bond donors (Lipinski definition) is 1. The van der Waals surface area contributed by atoms with Crippen LogP contribution in [0.5, 0.6) is 5.75 Å². The second-order valence-corrected chi connectivity index (χ2v) is 6.64. The number of carbonyl (C=O) groups is 1. The number of imidazole rings is 1. The van der Waals surface area contributed by atoms with Gasteiger partial charge >= 0.3 is 0 Å². The van der Waals surface area contributed by atoms with Crippen LogP contribution in [0.15, 0.2) is 48.5 Å². The number of hydrogen-bond acceptors (Lipinski definition) is 4. The smallest absolute Gasteiger partial charge is 0.224 e. The van der Waals surface area contributed by atoms with Crippen LogP contribution < -0.4 is 10.1 Å². The molecule has 0 saturated carbocycles. The van der Waals surface area contributed by atoms with Crippen LogP contribution in [0, 0.1) is 0 Å². The summed E-state index contributed by atoms with van der Waals surface area (Å²) in [5, 5.41) is 2.99. The Bertz CT molecular complexity index is 903. The Morgan fingerprint density at radius 3 is 2.64 bits per heavy atom. The summed E-state index contributed by atoms with van der Waals surface area (Å²) in [6.07, 6.45) is 2.02. The largest absolute Gasteiger partial charge is 0.497 e. The van der Waals surface area contributed by atoms with E-state index in [0.29, 0.717) is 19.6 Å². The van der Waals surface area contributed by atoms with Gasteiger partial charge in [0.05, 0.1) is 31.2 Å². The number of fused-ring (bicyclic) bond motifs is 1. The normalized spacial score (nSPS) is 10.9. The molecular weight excluding hydrogens is 354 g/mol. The number of para-hydroxylation sites is 2. The molecule has 0 fully saturated rings. The van der Waals surface area contributed by atoms with Crippen LogP contribution in [0.4, 0.5) is 0 Å². The number of aryl methyl sites for hydroxylation is 1. The molecule has 0 aliphatic carbocycles. The van der Waals surface area contributed by atoms with E-state index in [1.807, 2.05) is 42.5 Å². The second-order valence-electron chi connectivity index (χ2n) is 6.64. The first-order valence-corrected chi connectivity index (χ1v) is 9.54. The van der Waals surface area contributed by atoms with Crippen LogP contribution in [0.25, 0.3) is 11.0 Å². The van der Waals surface area contributed by atoms with Gasteiger partial charge in [-0.15, -0.1) is 0 Å². The van der Waals surface area contributed by atoms with Crippen LogP contribution in [-0.4, -0.2) is 42.8 Å². The molecule has 0 aliphatic heterocycles. The number of benzene rings is 2. The third kappa shape index (κ3) is 5.10. The predicted molar refractivity (Wildman–Crippen MR) is 110 cm³/mol. The molecule has 1 heterocycles. The Balaban J connectivity index is 1.51. The van der Waals surface area contributed by atoms with Gasteiger partial charge in [-0.05, 0) is 36.2 Å². The Kier molecular flexibility index (Phi) is 7.03. The number of aromatic nitrogens is 2. The van der Waals surface area contributed by atoms with Crippen molar-refractivity contribution in [3.8, 4) is 5.75 Å². The maximum Gasteiger partial charge on any atom is 0.224 e. The topological polar surface area (TPSA) is 65.4 Å². The van der Waals surface area contributed by atoms with Crippen molar-refractivity contribution in [3.63, 3.8) is 0 Å². The highest BCUT2D eigenvalue weighted by molar-refractivity contribution is 5.78. The zero-order valence-electron chi connectivity index (χ0n) is 16.5. The molecule has 1 aromatic heterocycles. The minimum atomic E-state index is 0.0260. The quantitative estimate of drug-likeness (QED) is 0.549. The van der Waals surface area contributed by atoms with E-state index in [4.69, 9.17) is 14.5 Å². The lowest BCUT2D eigenvalue weighted by atomic mass is 10.1. The van der Waals surface area contributed by atoms with Gasteiger partial charge in [0, 0.05) is 26.6 Å². The Hall–Kier alpha value is -2.86. The maximum atomic E-state index is 12.1. The summed E-state index contributed by atoms with van der Waals surface area (Å²) >= 11 is 0. The van der Waals surface area contributed by atoms with Crippen molar-refractivity contribution < 1.29 is 14.3 Å². The van der Waals surface area contributed by atoms with Crippen LogP contribution in [0.3, 0.4) is 0 Å². The fraction of sp³-hybridized carbons (Fsp3) is 0.364. The number of nitrogens with zero attached hydrogens (tertiary/aromatic N) is 2. The minimum Gasteiger partial charge on any atom is -0.497 e. The Morgan fingerprint density at radius 1 is 1.11 bits per heavy atom. The van der Waals surface area contributed by atoms with Crippen molar-refractivity contribution in [1.82, 2.24) is 14.9 Å². The van der Waals surface area contributed by atoms with E-state index in [9.17, 15) is 4.79 Å². The van der Waals surface area contributed by atoms with E-state index in [1.165, 1.54) is 0 Å². The van der Waals surface area contributed by atoms with E-state index in [1.54, 1.807) is 14.2 Å². The molecule has 3 aromatic rings. The molecule has 0 aliphatic rings. The lowest BCUT2D eigenvalue weighted by Crippen LogP contribution is -2.26. The summed E-state index contributed by atoms with van der Waals surface area (Å²) < 4.78 is 12.6. The van der Waals surface area contributed by atoms with Gasteiger partial charge in [-0.25, -0.2) is 4.98 Å². The van der Waals surface area contributed by atoms with Crippen molar-refractivity contribution in [2.75, 3.05) is 27.4 Å². The number of rotatable bonds is 10. The first-order chi connectivity index (χ1) is 13.7. The van der Waals surface area contributed by atoms with Gasteiger partial charge in [-0.2, -0.15) is 0 Å². The number of carbonyl (C=O) groups excluding carboxylic acids is 1. The fourth-order valence-corrected chi connectivity index (χ4v) is 3.21. The van der Waals surface area contributed by atoms with Gasteiger partial charge in [-0.3, -0.25) is 4.79 Å². The van der Waals surface area contributed by atoms with Crippen molar-refractivity contribution in [2.24, 2.45) is 0 Å². The monoisotopic (exact) mass is 381 g/mol. The summed E-state index contributed by atoms with van der Waals surface area (Å²) in [6, 6.07) is 15.7. The molecule has 0 unspecified atom stereocenters. The molecule has 0 saturated heterocycles. The van der Waals surface area contributed by atoms with Crippen molar-refractivity contribution in [2.45, 2.75) is 25.8 Å². The van der Waals surface area contributed by atoms with Gasteiger partial charge < -0.3 is 19.4 Å². The highest BCUT2D eigenvalue weighted by Crippen LogP contribution is 2.17. The third-order valence-corrected chi connectivity index (χ3v) is 4.68. The predicted octanol–water partition coefficient (Wildman–Crippen LogP) is 2.98. The Labute approximate surface area is 165 Å². The molecule has 0 radical (unpaired) electrons. The van der Waals surface area contributed by atoms with Gasteiger partial charge in [-0.1, -0.05) is 24.3 Å². The van der Waals surface area contributed by atoms with Gasteiger partial charge in [0.15, 0.2) is 0 Å². The van der Waals surface area contributed by atoms with Crippen molar-refractivity contribution >= 4 is 16.9 Å². The van der Waals surface area contributed by atoms with Crippen LogP contribution >= 0.6 is 0 Å². The molecule has 0 spiro atoms. The van der Waals surface area contributed by atoms with Gasteiger partial charge in [0.2, 0.25) is 5.91 Å². The van der Waals surface area contributed by atoms with E-state index >= 15 is 0 Å². The minimum absolute atomic E-state index is 0.0260. The molecular formula is C22H27N3O3. The molecule has 1 N–H and O–H groups in total. The summed E-state index contributed by atoms with van der Waals surface area (Å²) in [5.41, 5.74) is 3.09. The standard InChI is InChI=1S/C22H27N3O3/c1-27-15-14-25-20-7-4-3-6-19(20)24-21(25)8-5-13-23-22(26)16-17-9-11-18(28-2)12-10-17/h3-4,6-7,9-12H,5,8,13-16H2,1-2H3,(H,23,26). The zero-order chi connectivity index (χ0) is 19.8. The number of amides is 1. The number of nitrogens with one attached hydrogen (secondary N) is 1. The highest BCUT2D eigenvalue weighted by atomic mass is 16.5. The molecule has 2 aromatic carbocycles. The molecule has 0 bridgehead atoms. The SMILES string of the molecule is COCCn1c(CCCNC(=O)Cc2ccc(OC)cc2)nc2ccccc21. The molecule has 0 atom stereocenters. The molecule has 28 heavy (non-hydrogen) atoms. The average Bonchev–Trinajstić information content (AvgIpc) is 3.07. The third-order valence-electron chi connectivity index (χ3n) is 4.68. The van der Waals surface area contributed by atoms with E-state index in [-0.39, 0.29) is 5.91 Å². The molecule has 6 heteroatoms. The van der Waals surface area contributed by atoms with E-state index < -0.39 is 0 Å². The molecule has 3 rings (SSSR count). The lowest BCUT2D eigenvalue weighted by molar-refractivity contribution is -0.120. The van der Waals surface area contributed by atoms with Crippen molar-refractivity contribution in [1.29, 1.82) is 0 Å². The summed E-state index contributed by atoms with van der Waals surface area (Å²) in [6.45, 7) is 2.05. The molecule has 6 nitrogen and oxygen atoms in total. The molecule has 1 amide bonds. The Morgan fingerprint density at radius 2 is 1.89 bits per heavy atom. The van der Waals surface area contributed by atoms with Crippen molar-refractivity contribution in [3.05, 3.63) is 59.9 Å². The van der Waals surface area contributed by atoms with Crippen LogP contribution in [0.1, 0.15) is 17.8 Å². The summed E-state index contributed by atoms with van der Waals surface area (Å²) in [4.78, 5) is 16.9. The summed E-state index contributed by atoms with van der Waals surface area (Å²) in [5.74, 6) is 1.85. The summed E-state index contributed by atoms with van der Waals surface area (Å²) in [7, 11) is 3.34. The number of methoxy groups -OCH3 is 2. The van der Waals surface area contributed by atoms with E-state index in [2.05, 4.69) is 16.0 Å². The van der Waals surface area contributed by atoms with Gasteiger partial charge in [0.25, 0.3) is 0 Å². The number of ether oxygens (including phenoxy) is 2. The zero-order valence-corrected chi connectivity index (χ0v) is 16.5. The van der Waals surface area contributed by atoms with Crippen LogP contribution in [-0.2, 0) is 28.9 Å². The van der Waals surface area contributed by atoms with Gasteiger partial charge in [0.1, 0.15) is 11.6 Å². The highest BCUT2D eigenvalue weighted by Gasteiger charge is 2.10.